The van der Waals surface area contributed by atoms with Crippen LogP contribution in [-0.2, 0) is 4.79 Å². The molecule has 1 aliphatic heterocycles. The van der Waals surface area contributed by atoms with Crippen LogP contribution in [-0.4, -0.2) is 11.4 Å². The number of hydrogen-bond acceptors (Lipinski definition) is 1. The average Bonchev–Trinajstić information content (AvgIpc) is 1.92. The molecule has 1 heterocycles. The Bertz CT molecular complexity index is 226. The Morgan fingerprint density at radius 1 is 1.00 bits per heavy atom. The van der Waals surface area contributed by atoms with E-state index in [1.807, 2.05) is 13.8 Å². The molecule has 12 heavy (non-hydrogen) atoms. The molecular formula is C10H19NO. The molecule has 1 amide bonds. The van der Waals surface area contributed by atoms with Gasteiger partial charge in [0.2, 0.25) is 5.91 Å². The molecular weight excluding hydrogens is 150 g/mol. The maximum Gasteiger partial charge on any atom is 0.226 e. The number of rotatable bonds is 0. The smallest absolute Gasteiger partial charge is 0.226 e. The SMILES string of the molecule is CC1(C)NC(=O)C(C)(C)C1(C)C. The lowest BCUT2D eigenvalue weighted by Gasteiger charge is -2.40. The number of nitrogens with one attached hydrogen (secondary N) is 1. The van der Waals surface area contributed by atoms with Crippen molar-refractivity contribution in [2.45, 2.75) is 47.1 Å². The molecule has 0 aromatic carbocycles. The first-order valence-electron chi connectivity index (χ1n) is 4.45. The van der Waals surface area contributed by atoms with Crippen molar-refractivity contribution in [2.24, 2.45) is 10.8 Å². The van der Waals surface area contributed by atoms with E-state index in [2.05, 4.69) is 33.0 Å². The Kier molecular flexibility index (Phi) is 1.62. The number of carbonyl (C=O) groups excluding carboxylic acids is 1. The fourth-order valence-electron chi connectivity index (χ4n) is 1.66. The fraction of sp³-hybridized carbons (Fsp3) is 0.900. The molecule has 0 saturated carbocycles. The average molecular weight is 169 g/mol. The number of amides is 1. The van der Waals surface area contributed by atoms with Crippen LogP contribution >= 0.6 is 0 Å². The molecule has 0 bridgehead atoms. The van der Waals surface area contributed by atoms with Gasteiger partial charge in [-0.05, 0) is 13.8 Å². The van der Waals surface area contributed by atoms with Crippen molar-refractivity contribution in [3.63, 3.8) is 0 Å². The van der Waals surface area contributed by atoms with Gasteiger partial charge in [0, 0.05) is 11.0 Å². The Hall–Kier alpha value is -0.530. The summed E-state index contributed by atoms with van der Waals surface area (Å²) in [4.78, 5) is 11.6. The second-order valence-electron chi connectivity index (χ2n) is 5.33. The van der Waals surface area contributed by atoms with E-state index in [1.54, 1.807) is 0 Å². The normalized spacial score (nSPS) is 30.0. The molecule has 70 valence electrons. The van der Waals surface area contributed by atoms with Crippen LogP contribution in [0.4, 0.5) is 0 Å². The topological polar surface area (TPSA) is 29.1 Å². The predicted molar refractivity (Wildman–Crippen MR) is 49.8 cm³/mol. The third kappa shape index (κ3) is 0.838. The van der Waals surface area contributed by atoms with Crippen molar-refractivity contribution in [3.05, 3.63) is 0 Å². The maximum absolute atomic E-state index is 11.6. The van der Waals surface area contributed by atoms with Crippen LogP contribution in [0.15, 0.2) is 0 Å². The van der Waals surface area contributed by atoms with E-state index >= 15 is 0 Å². The van der Waals surface area contributed by atoms with Crippen LogP contribution in [0.3, 0.4) is 0 Å². The predicted octanol–water partition coefficient (Wildman–Crippen LogP) is 1.95. The van der Waals surface area contributed by atoms with Crippen LogP contribution in [0, 0.1) is 10.8 Å². The first-order valence-corrected chi connectivity index (χ1v) is 4.45. The van der Waals surface area contributed by atoms with Crippen molar-refractivity contribution >= 4 is 5.91 Å². The molecule has 1 aliphatic rings. The van der Waals surface area contributed by atoms with Crippen LogP contribution in [0.1, 0.15) is 41.5 Å². The summed E-state index contributed by atoms with van der Waals surface area (Å²) in [5.74, 6) is 0.164. The number of hydrogen-bond donors (Lipinski definition) is 1. The highest BCUT2D eigenvalue weighted by Gasteiger charge is 2.58. The summed E-state index contributed by atoms with van der Waals surface area (Å²) in [5.41, 5.74) is -0.374. The quantitative estimate of drug-likeness (QED) is 0.590. The lowest BCUT2D eigenvalue weighted by atomic mass is 9.62. The third-order valence-electron chi connectivity index (χ3n) is 4.12. The Morgan fingerprint density at radius 3 is 1.50 bits per heavy atom. The Labute approximate surface area is 74.7 Å². The molecule has 0 unspecified atom stereocenters. The summed E-state index contributed by atoms with van der Waals surface area (Å²) in [5, 5.41) is 3.03. The van der Waals surface area contributed by atoms with E-state index in [4.69, 9.17) is 0 Å². The van der Waals surface area contributed by atoms with Gasteiger partial charge in [0.25, 0.3) is 0 Å². The second-order valence-corrected chi connectivity index (χ2v) is 5.33. The van der Waals surface area contributed by atoms with Gasteiger partial charge >= 0.3 is 0 Å². The summed E-state index contributed by atoms with van der Waals surface area (Å²) < 4.78 is 0. The van der Waals surface area contributed by atoms with E-state index in [0.717, 1.165) is 0 Å². The molecule has 0 atom stereocenters. The summed E-state index contributed by atoms with van der Waals surface area (Å²) >= 11 is 0. The van der Waals surface area contributed by atoms with Gasteiger partial charge in [-0.1, -0.05) is 27.7 Å². The van der Waals surface area contributed by atoms with Crippen molar-refractivity contribution in [2.75, 3.05) is 0 Å². The molecule has 1 rings (SSSR count). The van der Waals surface area contributed by atoms with Gasteiger partial charge < -0.3 is 5.32 Å². The van der Waals surface area contributed by atoms with Crippen LogP contribution in [0.2, 0.25) is 0 Å². The van der Waals surface area contributed by atoms with Gasteiger partial charge in [-0.2, -0.15) is 0 Å². The Balaban J connectivity index is 3.19. The standard InChI is InChI=1S/C10H19NO/c1-8(2)7(12)11-10(5,6)9(8,3)4/h1-6H3,(H,11,12). The zero-order chi connectivity index (χ0) is 9.78. The molecule has 2 nitrogen and oxygen atoms in total. The lowest BCUT2D eigenvalue weighted by Crippen LogP contribution is -2.46. The molecule has 2 heteroatoms. The summed E-state index contributed by atoms with van der Waals surface area (Å²) in [6.07, 6.45) is 0. The minimum atomic E-state index is -0.267. The molecule has 0 aliphatic carbocycles. The lowest BCUT2D eigenvalue weighted by molar-refractivity contribution is -0.128. The maximum atomic E-state index is 11.6. The van der Waals surface area contributed by atoms with Crippen molar-refractivity contribution in [1.29, 1.82) is 0 Å². The van der Waals surface area contributed by atoms with Gasteiger partial charge in [0.1, 0.15) is 0 Å². The molecule has 0 radical (unpaired) electrons. The largest absolute Gasteiger partial charge is 0.350 e. The second kappa shape index (κ2) is 2.04. The minimum absolute atomic E-state index is 0.00289. The van der Waals surface area contributed by atoms with E-state index in [1.165, 1.54) is 0 Å². The highest BCUT2D eigenvalue weighted by molar-refractivity contribution is 5.86. The molecule has 1 N–H and O–H groups in total. The first-order chi connectivity index (χ1) is 5.13. The third-order valence-corrected chi connectivity index (χ3v) is 4.12. The van der Waals surface area contributed by atoms with E-state index in [-0.39, 0.29) is 22.3 Å². The molecule has 0 aromatic rings. The van der Waals surface area contributed by atoms with Crippen molar-refractivity contribution in [3.8, 4) is 0 Å². The Morgan fingerprint density at radius 2 is 1.42 bits per heavy atom. The van der Waals surface area contributed by atoms with Crippen LogP contribution in [0.25, 0.3) is 0 Å². The zero-order valence-corrected chi connectivity index (χ0v) is 8.91. The van der Waals surface area contributed by atoms with Gasteiger partial charge in [-0.15, -0.1) is 0 Å². The van der Waals surface area contributed by atoms with E-state index in [9.17, 15) is 4.79 Å². The summed E-state index contributed by atoms with van der Waals surface area (Å²) in [7, 11) is 0. The highest BCUT2D eigenvalue weighted by atomic mass is 16.2. The molecule has 1 fully saturated rings. The van der Waals surface area contributed by atoms with E-state index in [0.29, 0.717) is 0 Å². The zero-order valence-electron chi connectivity index (χ0n) is 8.91. The summed E-state index contributed by atoms with van der Waals surface area (Å²) in [6.45, 7) is 12.5. The highest BCUT2D eigenvalue weighted by Crippen LogP contribution is 2.51. The van der Waals surface area contributed by atoms with E-state index < -0.39 is 0 Å². The molecule has 0 spiro atoms. The molecule has 1 saturated heterocycles. The fourth-order valence-corrected chi connectivity index (χ4v) is 1.66. The monoisotopic (exact) mass is 169 g/mol. The van der Waals surface area contributed by atoms with Gasteiger partial charge in [-0.3, -0.25) is 4.79 Å². The van der Waals surface area contributed by atoms with Crippen molar-refractivity contribution in [1.82, 2.24) is 5.32 Å². The summed E-state index contributed by atoms with van der Waals surface area (Å²) in [6, 6.07) is 0. The van der Waals surface area contributed by atoms with Crippen LogP contribution < -0.4 is 5.32 Å². The molecule has 0 aromatic heterocycles. The minimum Gasteiger partial charge on any atom is -0.350 e. The van der Waals surface area contributed by atoms with Crippen LogP contribution in [0.5, 0.6) is 0 Å². The van der Waals surface area contributed by atoms with Gasteiger partial charge in [0.15, 0.2) is 0 Å². The first kappa shape index (κ1) is 9.56. The number of carbonyl (C=O) groups is 1. The van der Waals surface area contributed by atoms with Gasteiger partial charge in [-0.25, -0.2) is 0 Å². The van der Waals surface area contributed by atoms with Gasteiger partial charge in [0.05, 0.1) is 5.41 Å². The van der Waals surface area contributed by atoms with Crippen molar-refractivity contribution < 1.29 is 4.79 Å².